The molecule has 104 valence electrons. The quantitative estimate of drug-likeness (QED) is 0.845. The van der Waals surface area contributed by atoms with Crippen LogP contribution in [0.2, 0.25) is 0 Å². The van der Waals surface area contributed by atoms with Gasteiger partial charge in [-0.05, 0) is 32.0 Å². The van der Waals surface area contributed by atoms with Gasteiger partial charge < -0.3 is 15.4 Å². The Balaban J connectivity index is 1.84. The predicted octanol–water partition coefficient (Wildman–Crippen LogP) is 1.49. The minimum Gasteiger partial charge on any atom is -0.488 e. The second kappa shape index (κ2) is 5.61. The van der Waals surface area contributed by atoms with Crippen LogP contribution in [0.5, 0.6) is 5.75 Å². The molecule has 2 rings (SSSR count). The molecule has 1 aliphatic heterocycles. The van der Waals surface area contributed by atoms with Crippen molar-refractivity contribution in [1.29, 1.82) is 0 Å². The van der Waals surface area contributed by atoms with E-state index in [9.17, 15) is 4.79 Å². The van der Waals surface area contributed by atoms with E-state index >= 15 is 0 Å². The zero-order valence-electron chi connectivity index (χ0n) is 11.8. The summed E-state index contributed by atoms with van der Waals surface area (Å²) >= 11 is 0. The molecule has 1 aromatic carbocycles. The Labute approximate surface area is 114 Å². The first kappa shape index (κ1) is 13.9. The van der Waals surface area contributed by atoms with Gasteiger partial charge in [-0.2, -0.15) is 0 Å². The van der Waals surface area contributed by atoms with Gasteiger partial charge in [-0.3, -0.25) is 4.79 Å². The number of hydrogen-bond acceptors (Lipinski definition) is 3. The van der Waals surface area contributed by atoms with Gasteiger partial charge in [-0.25, -0.2) is 0 Å². The molecule has 2 N–H and O–H groups in total. The van der Waals surface area contributed by atoms with Crippen molar-refractivity contribution in [2.75, 3.05) is 13.1 Å². The van der Waals surface area contributed by atoms with Crippen LogP contribution in [0.3, 0.4) is 0 Å². The van der Waals surface area contributed by atoms with Gasteiger partial charge in [0.1, 0.15) is 11.9 Å². The lowest BCUT2D eigenvalue weighted by Crippen LogP contribution is -2.54. The maximum absolute atomic E-state index is 12.1. The topological polar surface area (TPSA) is 50.4 Å². The maximum Gasteiger partial charge on any atom is 0.239 e. The number of benzene rings is 1. The van der Waals surface area contributed by atoms with Gasteiger partial charge >= 0.3 is 0 Å². The van der Waals surface area contributed by atoms with Crippen LogP contribution in [0.15, 0.2) is 24.3 Å². The summed E-state index contributed by atoms with van der Waals surface area (Å²) in [5, 5.41) is 6.12. The van der Waals surface area contributed by atoms with Gasteiger partial charge in [0.2, 0.25) is 5.91 Å². The Morgan fingerprint density at radius 3 is 2.84 bits per heavy atom. The number of ether oxygens (including phenoxy) is 1. The molecule has 4 heteroatoms. The maximum atomic E-state index is 12.1. The number of fused-ring (bicyclic) bond motifs is 1. The smallest absolute Gasteiger partial charge is 0.239 e. The number of carbonyl (C=O) groups is 1. The van der Waals surface area contributed by atoms with E-state index in [2.05, 4.69) is 16.7 Å². The highest BCUT2D eigenvalue weighted by Crippen LogP contribution is 2.27. The minimum absolute atomic E-state index is 0.00825. The van der Waals surface area contributed by atoms with Gasteiger partial charge in [0.05, 0.1) is 12.1 Å². The lowest BCUT2D eigenvalue weighted by molar-refractivity contribution is -0.126. The molecule has 1 unspecified atom stereocenters. The van der Waals surface area contributed by atoms with Gasteiger partial charge in [0.25, 0.3) is 0 Å². The standard InChI is InChI=1S/C15H22N2O2/c1-4-17-15(2,3)14(18)16-10-12-9-11-7-5-6-8-13(11)19-12/h5-8,12,17H,4,9-10H2,1-3H3,(H,16,18). The summed E-state index contributed by atoms with van der Waals surface area (Å²) in [7, 11) is 0. The largest absolute Gasteiger partial charge is 0.488 e. The van der Waals surface area contributed by atoms with Crippen molar-refractivity contribution >= 4 is 5.91 Å². The highest BCUT2D eigenvalue weighted by molar-refractivity contribution is 5.85. The van der Waals surface area contributed by atoms with Gasteiger partial charge in [0.15, 0.2) is 0 Å². The van der Waals surface area contributed by atoms with Crippen LogP contribution >= 0.6 is 0 Å². The van der Waals surface area contributed by atoms with Crippen LogP contribution in [-0.4, -0.2) is 30.6 Å². The number of para-hydroxylation sites is 1. The van der Waals surface area contributed by atoms with Crippen molar-refractivity contribution in [3.05, 3.63) is 29.8 Å². The van der Waals surface area contributed by atoms with E-state index in [1.54, 1.807) is 0 Å². The van der Waals surface area contributed by atoms with Crippen LogP contribution < -0.4 is 15.4 Å². The molecule has 0 aliphatic carbocycles. The molecule has 1 atom stereocenters. The summed E-state index contributed by atoms with van der Waals surface area (Å²) in [4.78, 5) is 12.1. The monoisotopic (exact) mass is 262 g/mol. The molecule has 1 heterocycles. The number of carbonyl (C=O) groups excluding carboxylic acids is 1. The van der Waals surface area contributed by atoms with Gasteiger partial charge in [0, 0.05) is 6.42 Å². The van der Waals surface area contributed by atoms with Crippen molar-refractivity contribution in [3.63, 3.8) is 0 Å². The summed E-state index contributed by atoms with van der Waals surface area (Å²) in [5.74, 6) is 0.946. The Morgan fingerprint density at radius 2 is 2.16 bits per heavy atom. The first-order valence-electron chi connectivity index (χ1n) is 6.81. The van der Waals surface area contributed by atoms with Crippen LogP contribution in [0.25, 0.3) is 0 Å². The molecule has 19 heavy (non-hydrogen) atoms. The van der Waals surface area contributed by atoms with E-state index in [0.29, 0.717) is 6.54 Å². The first-order chi connectivity index (χ1) is 9.03. The molecule has 4 nitrogen and oxygen atoms in total. The molecule has 0 saturated heterocycles. The average molecular weight is 262 g/mol. The van der Waals surface area contributed by atoms with Crippen LogP contribution in [0, 0.1) is 0 Å². The Kier molecular flexibility index (Phi) is 4.10. The van der Waals surface area contributed by atoms with Gasteiger partial charge in [-0.1, -0.05) is 25.1 Å². The number of rotatable bonds is 5. The fourth-order valence-electron chi connectivity index (χ4n) is 2.32. The fourth-order valence-corrected chi connectivity index (χ4v) is 2.32. The van der Waals surface area contributed by atoms with E-state index in [0.717, 1.165) is 18.7 Å². The van der Waals surface area contributed by atoms with Crippen molar-refractivity contribution in [3.8, 4) is 5.75 Å². The normalized spacial score (nSPS) is 17.7. The predicted molar refractivity (Wildman–Crippen MR) is 75.3 cm³/mol. The summed E-state index contributed by atoms with van der Waals surface area (Å²) < 4.78 is 5.79. The lowest BCUT2D eigenvalue weighted by atomic mass is 10.0. The minimum atomic E-state index is -0.541. The third kappa shape index (κ3) is 3.26. The summed E-state index contributed by atoms with van der Waals surface area (Å²) in [6.07, 6.45) is 0.900. The zero-order chi connectivity index (χ0) is 13.9. The number of likely N-dealkylation sites (N-methyl/N-ethyl adjacent to an activating group) is 1. The van der Waals surface area contributed by atoms with E-state index in [-0.39, 0.29) is 12.0 Å². The Bertz CT molecular complexity index is 432. The molecule has 0 radical (unpaired) electrons. The molecule has 1 aromatic rings. The van der Waals surface area contributed by atoms with Crippen molar-refractivity contribution in [2.24, 2.45) is 0 Å². The molecule has 0 saturated carbocycles. The summed E-state index contributed by atoms with van der Waals surface area (Å²) in [6.45, 7) is 7.08. The van der Waals surface area contributed by atoms with Crippen molar-refractivity contribution in [2.45, 2.75) is 38.8 Å². The summed E-state index contributed by atoms with van der Waals surface area (Å²) in [6, 6.07) is 8.02. The highest BCUT2D eigenvalue weighted by Gasteiger charge is 2.28. The van der Waals surface area contributed by atoms with E-state index in [1.165, 1.54) is 5.56 Å². The third-order valence-electron chi connectivity index (χ3n) is 3.39. The SMILES string of the molecule is CCNC(C)(C)C(=O)NCC1Cc2ccccc2O1. The van der Waals surface area contributed by atoms with E-state index in [4.69, 9.17) is 4.74 Å². The molecular formula is C15H22N2O2. The van der Waals surface area contributed by atoms with Crippen LogP contribution in [-0.2, 0) is 11.2 Å². The number of amides is 1. The lowest BCUT2D eigenvalue weighted by Gasteiger charge is -2.25. The number of hydrogen-bond donors (Lipinski definition) is 2. The Hall–Kier alpha value is -1.55. The number of nitrogens with one attached hydrogen (secondary N) is 2. The Morgan fingerprint density at radius 1 is 1.42 bits per heavy atom. The van der Waals surface area contributed by atoms with Crippen molar-refractivity contribution in [1.82, 2.24) is 10.6 Å². The average Bonchev–Trinajstić information content (AvgIpc) is 2.78. The summed E-state index contributed by atoms with van der Waals surface area (Å²) in [5.41, 5.74) is 0.674. The third-order valence-corrected chi connectivity index (χ3v) is 3.39. The second-order valence-electron chi connectivity index (χ2n) is 5.42. The first-order valence-corrected chi connectivity index (χ1v) is 6.81. The van der Waals surface area contributed by atoms with Crippen LogP contribution in [0.4, 0.5) is 0 Å². The zero-order valence-corrected chi connectivity index (χ0v) is 11.8. The molecule has 1 aliphatic rings. The fraction of sp³-hybridized carbons (Fsp3) is 0.533. The van der Waals surface area contributed by atoms with Gasteiger partial charge in [-0.15, -0.1) is 0 Å². The second-order valence-corrected chi connectivity index (χ2v) is 5.42. The molecule has 0 fully saturated rings. The van der Waals surface area contributed by atoms with E-state index < -0.39 is 5.54 Å². The molecule has 0 bridgehead atoms. The van der Waals surface area contributed by atoms with Crippen molar-refractivity contribution < 1.29 is 9.53 Å². The molecular weight excluding hydrogens is 240 g/mol. The highest BCUT2D eigenvalue weighted by atomic mass is 16.5. The van der Waals surface area contributed by atoms with Crippen LogP contribution in [0.1, 0.15) is 26.3 Å². The van der Waals surface area contributed by atoms with E-state index in [1.807, 2.05) is 39.0 Å². The molecule has 1 amide bonds. The molecule has 0 aromatic heterocycles. The molecule has 0 spiro atoms.